The Bertz CT molecular complexity index is 622. The van der Waals surface area contributed by atoms with E-state index in [9.17, 15) is 0 Å². The van der Waals surface area contributed by atoms with Crippen LogP contribution in [0.15, 0.2) is 24.4 Å². The normalized spacial score (nSPS) is 10.9. The van der Waals surface area contributed by atoms with Crippen LogP contribution in [0, 0.1) is 18.3 Å². The molecular formula is C12H13N7. The third-order valence-corrected chi connectivity index (χ3v) is 2.60. The van der Waals surface area contributed by atoms with E-state index < -0.39 is 0 Å². The van der Waals surface area contributed by atoms with Gasteiger partial charge in [-0.3, -0.25) is 0 Å². The molecule has 0 atom stereocenters. The van der Waals surface area contributed by atoms with Gasteiger partial charge in [-0.1, -0.05) is 12.1 Å². The molecule has 1 heterocycles. The largest absolute Gasteiger partial charge is 0.386 e. The van der Waals surface area contributed by atoms with E-state index in [1.54, 1.807) is 6.20 Å². The van der Waals surface area contributed by atoms with Gasteiger partial charge < -0.3 is 10.6 Å². The Balaban J connectivity index is 2.27. The third kappa shape index (κ3) is 2.69. The zero-order valence-corrected chi connectivity index (χ0v) is 10.6. The molecule has 0 aliphatic heterocycles. The molecule has 19 heavy (non-hydrogen) atoms. The fraction of sp³-hybridized carbons (Fsp3) is 0.167. The Morgan fingerprint density at radius 1 is 1.47 bits per heavy atom. The molecule has 0 bridgehead atoms. The Labute approximate surface area is 110 Å². The molecule has 0 spiro atoms. The fourth-order valence-electron chi connectivity index (χ4n) is 1.69. The predicted molar refractivity (Wildman–Crippen MR) is 72.1 cm³/mol. The number of tetrazole rings is 1. The van der Waals surface area contributed by atoms with Gasteiger partial charge in [0.15, 0.2) is 0 Å². The van der Waals surface area contributed by atoms with E-state index in [1.165, 1.54) is 0 Å². The smallest absolute Gasteiger partial charge is 0.216 e. The van der Waals surface area contributed by atoms with Crippen molar-refractivity contribution in [1.82, 2.24) is 20.6 Å². The third-order valence-electron chi connectivity index (χ3n) is 2.60. The van der Waals surface area contributed by atoms with Crippen molar-refractivity contribution in [2.24, 2.45) is 0 Å². The highest BCUT2D eigenvalue weighted by Gasteiger charge is 2.07. The Morgan fingerprint density at radius 3 is 2.95 bits per heavy atom. The minimum atomic E-state index is 0.258. The van der Waals surface area contributed by atoms with E-state index in [0.29, 0.717) is 5.57 Å². The maximum absolute atomic E-state index is 9.06. The highest BCUT2D eigenvalue weighted by Crippen LogP contribution is 2.25. The maximum atomic E-state index is 9.06. The zero-order chi connectivity index (χ0) is 13.7. The Morgan fingerprint density at radius 2 is 2.32 bits per heavy atom. The number of benzene rings is 1. The van der Waals surface area contributed by atoms with E-state index in [4.69, 9.17) is 5.26 Å². The lowest BCUT2D eigenvalue weighted by Crippen LogP contribution is -1.99. The van der Waals surface area contributed by atoms with E-state index in [-0.39, 0.29) is 5.82 Å². The lowest BCUT2D eigenvalue weighted by Gasteiger charge is -2.11. The number of H-pyrrole nitrogens is 1. The number of rotatable bonds is 4. The fourth-order valence-corrected chi connectivity index (χ4v) is 1.69. The molecule has 0 saturated carbocycles. The summed E-state index contributed by atoms with van der Waals surface area (Å²) in [6.45, 7) is 2.01. The monoisotopic (exact) mass is 255 g/mol. The summed E-state index contributed by atoms with van der Waals surface area (Å²) in [7, 11) is 1.85. The van der Waals surface area contributed by atoms with Crippen LogP contribution in [0.2, 0.25) is 0 Å². The number of nitriles is 1. The van der Waals surface area contributed by atoms with Crippen molar-refractivity contribution in [3.05, 3.63) is 35.8 Å². The quantitative estimate of drug-likeness (QED) is 0.716. The lowest BCUT2D eigenvalue weighted by atomic mass is 10.1. The standard InChI is InChI=1S/C12H13N7/c1-8-4-3-5-10(11(8)14-2)15-7-9(6-13)12-16-18-19-17-12/h3-5,7,14-15H,1-2H3,(H,16,17,18,19). The second kappa shape index (κ2) is 5.64. The number of anilines is 2. The molecule has 2 rings (SSSR count). The Hall–Kier alpha value is -2.88. The topological polar surface area (TPSA) is 102 Å². The van der Waals surface area contributed by atoms with Crippen molar-refractivity contribution in [3.63, 3.8) is 0 Å². The summed E-state index contributed by atoms with van der Waals surface area (Å²) in [5.41, 5.74) is 3.26. The molecule has 3 N–H and O–H groups in total. The molecule has 0 radical (unpaired) electrons. The number of hydrogen-bond acceptors (Lipinski definition) is 6. The number of aromatic nitrogens is 4. The molecule has 2 aromatic rings. The van der Waals surface area contributed by atoms with Crippen LogP contribution in [0.4, 0.5) is 11.4 Å². The summed E-state index contributed by atoms with van der Waals surface area (Å²) in [6.07, 6.45) is 1.56. The van der Waals surface area contributed by atoms with Crippen molar-refractivity contribution in [3.8, 4) is 6.07 Å². The van der Waals surface area contributed by atoms with Crippen LogP contribution < -0.4 is 10.6 Å². The van der Waals surface area contributed by atoms with Crippen LogP contribution in [-0.4, -0.2) is 27.7 Å². The first-order valence-corrected chi connectivity index (χ1v) is 5.64. The zero-order valence-electron chi connectivity index (χ0n) is 10.6. The van der Waals surface area contributed by atoms with Gasteiger partial charge >= 0.3 is 0 Å². The molecule has 96 valence electrons. The van der Waals surface area contributed by atoms with E-state index in [0.717, 1.165) is 16.9 Å². The van der Waals surface area contributed by atoms with Gasteiger partial charge in [-0.2, -0.15) is 10.5 Å². The molecule has 7 nitrogen and oxygen atoms in total. The van der Waals surface area contributed by atoms with Gasteiger partial charge in [0.05, 0.1) is 11.4 Å². The Kier molecular flexibility index (Phi) is 3.73. The summed E-state index contributed by atoms with van der Waals surface area (Å²) in [5.74, 6) is 0.258. The van der Waals surface area contributed by atoms with Gasteiger partial charge in [-0.25, -0.2) is 0 Å². The van der Waals surface area contributed by atoms with E-state index in [1.807, 2.05) is 38.2 Å². The molecule has 7 heteroatoms. The minimum absolute atomic E-state index is 0.258. The molecule has 1 aromatic heterocycles. The number of allylic oxidation sites excluding steroid dienone is 1. The van der Waals surface area contributed by atoms with Crippen molar-refractivity contribution >= 4 is 16.9 Å². The second-order valence-corrected chi connectivity index (χ2v) is 3.80. The lowest BCUT2D eigenvalue weighted by molar-refractivity contribution is 0.881. The predicted octanol–water partition coefficient (Wildman–Crippen LogP) is 1.53. The van der Waals surface area contributed by atoms with Crippen LogP contribution in [-0.2, 0) is 0 Å². The number of para-hydroxylation sites is 1. The van der Waals surface area contributed by atoms with Gasteiger partial charge in [0.2, 0.25) is 5.82 Å². The van der Waals surface area contributed by atoms with Crippen molar-refractivity contribution in [1.29, 1.82) is 5.26 Å². The summed E-state index contributed by atoms with van der Waals surface area (Å²) >= 11 is 0. The van der Waals surface area contributed by atoms with Crippen molar-refractivity contribution in [2.45, 2.75) is 6.92 Å². The molecule has 1 aromatic carbocycles. The van der Waals surface area contributed by atoms with Crippen LogP contribution >= 0.6 is 0 Å². The number of aromatic amines is 1. The number of nitrogens with zero attached hydrogens (tertiary/aromatic N) is 4. The van der Waals surface area contributed by atoms with Crippen LogP contribution in [0.25, 0.3) is 5.57 Å². The summed E-state index contributed by atoms with van der Waals surface area (Å²) in [4.78, 5) is 0. The van der Waals surface area contributed by atoms with Crippen LogP contribution in [0.3, 0.4) is 0 Å². The summed E-state index contributed by atoms with van der Waals surface area (Å²) in [6, 6.07) is 7.88. The number of hydrogen-bond donors (Lipinski definition) is 3. The first kappa shape index (κ1) is 12.6. The van der Waals surface area contributed by atoms with E-state index in [2.05, 4.69) is 31.3 Å². The maximum Gasteiger partial charge on any atom is 0.216 e. The van der Waals surface area contributed by atoms with Gasteiger partial charge in [0.1, 0.15) is 11.6 Å². The molecule has 0 fully saturated rings. The summed E-state index contributed by atoms with van der Waals surface area (Å²) in [5, 5.41) is 28.5. The van der Waals surface area contributed by atoms with Crippen molar-refractivity contribution < 1.29 is 0 Å². The van der Waals surface area contributed by atoms with E-state index >= 15 is 0 Å². The first-order valence-electron chi connectivity index (χ1n) is 5.64. The highest BCUT2D eigenvalue weighted by atomic mass is 15.5. The molecule has 0 amide bonds. The average molecular weight is 255 g/mol. The van der Waals surface area contributed by atoms with Gasteiger partial charge in [-0.15, -0.1) is 10.2 Å². The molecule has 0 aliphatic carbocycles. The van der Waals surface area contributed by atoms with Gasteiger partial charge in [0, 0.05) is 13.2 Å². The van der Waals surface area contributed by atoms with Gasteiger partial charge in [0.25, 0.3) is 0 Å². The van der Waals surface area contributed by atoms with Crippen molar-refractivity contribution in [2.75, 3.05) is 17.7 Å². The molecule has 0 unspecified atom stereocenters. The highest BCUT2D eigenvalue weighted by molar-refractivity contribution is 5.78. The first-order chi connectivity index (χ1) is 9.26. The molecule has 0 saturated heterocycles. The molecular weight excluding hydrogens is 242 g/mol. The van der Waals surface area contributed by atoms with Crippen LogP contribution in [0.5, 0.6) is 0 Å². The SMILES string of the molecule is CNc1c(C)cccc1NC=C(C#N)c1nn[nH]n1. The molecule has 0 aliphatic rings. The average Bonchev–Trinajstić information content (AvgIpc) is 2.94. The number of nitrogens with one attached hydrogen (secondary N) is 3. The summed E-state index contributed by atoms with van der Waals surface area (Å²) < 4.78 is 0. The second-order valence-electron chi connectivity index (χ2n) is 3.80. The van der Waals surface area contributed by atoms with Crippen LogP contribution in [0.1, 0.15) is 11.4 Å². The van der Waals surface area contributed by atoms with Gasteiger partial charge in [-0.05, 0) is 23.8 Å². The minimum Gasteiger partial charge on any atom is -0.386 e. The number of aryl methyl sites for hydroxylation is 1.